The Morgan fingerprint density at radius 1 is 1.56 bits per heavy atom. The molecule has 0 aliphatic rings. The Bertz CT molecular complexity index is 439. The quantitative estimate of drug-likeness (QED) is 0.704. The number of carbonyl (C=O) groups excluding carboxylic acids is 1. The number of aromatic nitrogens is 1. The summed E-state index contributed by atoms with van der Waals surface area (Å²) >= 11 is 1.49. The highest BCUT2D eigenvalue weighted by Crippen LogP contribution is 2.12. The molecule has 0 radical (unpaired) electrons. The highest BCUT2D eigenvalue weighted by Gasteiger charge is 2.22. The number of carboxylic acids is 1. The van der Waals surface area contributed by atoms with Gasteiger partial charge in [0, 0.05) is 6.20 Å². The van der Waals surface area contributed by atoms with Crippen LogP contribution in [0.3, 0.4) is 0 Å². The van der Waals surface area contributed by atoms with Crippen molar-refractivity contribution >= 4 is 23.6 Å². The van der Waals surface area contributed by atoms with Crippen LogP contribution in [0.4, 0.5) is 0 Å². The van der Waals surface area contributed by atoms with E-state index in [4.69, 9.17) is 5.11 Å². The van der Waals surface area contributed by atoms with E-state index in [1.54, 1.807) is 0 Å². The number of hydrogen-bond acceptors (Lipinski definition) is 5. The minimum Gasteiger partial charge on any atom is -0.505 e. The minimum atomic E-state index is -1.10. The van der Waals surface area contributed by atoms with Crippen LogP contribution in [-0.4, -0.2) is 45.1 Å². The minimum absolute atomic E-state index is 0.173. The number of carbonyl (C=O) groups is 2. The fourth-order valence-electron chi connectivity index (χ4n) is 1.29. The van der Waals surface area contributed by atoms with Crippen molar-refractivity contribution in [3.63, 3.8) is 0 Å². The van der Waals surface area contributed by atoms with Crippen LogP contribution < -0.4 is 5.32 Å². The molecule has 1 aromatic heterocycles. The van der Waals surface area contributed by atoms with Crippen LogP contribution in [0, 0.1) is 0 Å². The van der Waals surface area contributed by atoms with E-state index in [0.717, 1.165) is 0 Å². The SMILES string of the molecule is CSCC[C@H](NC(=O)c1ncccc1O)C(=O)O. The first kappa shape index (κ1) is 14.3. The summed E-state index contributed by atoms with van der Waals surface area (Å²) in [7, 11) is 0. The Balaban J connectivity index is 2.72. The van der Waals surface area contributed by atoms with E-state index in [9.17, 15) is 14.7 Å². The van der Waals surface area contributed by atoms with Crippen LogP contribution in [-0.2, 0) is 4.79 Å². The molecule has 0 unspecified atom stereocenters. The van der Waals surface area contributed by atoms with Crippen molar-refractivity contribution in [2.75, 3.05) is 12.0 Å². The third kappa shape index (κ3) is 3.92. The Kier molecular flexibility index (Phi) is 5.44. The number of carboxylic acid groups (broad SMARTS) is 1. The zero-order chi connectivity index (χ0) is 13.5. The van der Waals surface area contributed by atoms with Gasteiger partial charge >= 0.3 is 5.97 Å². The Morgan fingerprint density at radius 3 is 2.83 bits per heavy atom. The number of aromatic hydroxyl groups is 1. The molecule has 98 valence electrons. The Labute approximate surface area is 108 Å². The molecule has 3 N–H and O–H groups in total. The van der Waals surface area contributed by atoms with Crippen LogP contribution in [0.2, 0.25) is 0 Å². The maximum Gasteiger partial charge on any atom is 0.326 e. The summed E-state index contributed by atoms with van der Waals surface area (Å²) in [4.78, 5) is 26.4. The second-order valence-corrected chi connectivity index (χ2v) is 4.50. The van der Waals surface area contributed by atoms with Gasteiger partial charge in [0.2, 0.25) is 0 Å². The zero-order valence-electron chi connectivity index (χ0n) is 9.79. The van der Waals surface area contributed by atoms with E-state index in [1.807, 2.05) is 6.26 Å². The first-order valence-electron chi connectivity index (χ1n) is 5.23. The summed E-state index contributed by atoms with van der Waals surface area (Å²) in [6.45, 7) is 0. The number of aliphatic carboxylic acids is 1. The van der Waals surface area contributed by atoms with Crippen molar-refractivity contribution in [2.45, 2.75) is 12.5 Å². The van der Waals surface area contributed by atoms with Gasteiger partial charge in [-0.15, -0.1) is 0 Å². The molecule has 0 saturated heterocycles. The van der Waals surface area contributed by atoms with Gasteiger partial charge < -0.3 is 15.5 Å². The summed E-state index contributed by atoms with van der Waals surface area (Å²) in [5.41, 5.74) is -0.173. The van der Waals surface area contributed by atoms with E-state index in [2.05, 4.69) is 10.3 Å². The summed E-state index contributed by atoms with van der Waals surface area (Å²) < 4.78 is 0. The predicted octanol–water partition coefficient (Wildman–Crippen LogP) is 0.723. The van der Waals surface area contributed by atoms with E-state index in [0.29, 0.717) is 12.2 Å². The largest absolute Gasteiger partial charge is 0.505 e. The average Bonchev–Trinajstić information content (AvgIpc) is 2.34. The highest BCUT2D eigenvalue weighted by atomic mass is 32.2. The van der Waals surface area contributed by atoms with Crippen molar-refractivity contribution in [1.29, 1.82) is 0 Å². The fraction of sp³-hybridized carbons (Fsp3) is 0.364. The van der Waals surface area contributed by atoms with Crippen molar-refractivity contribution in [1.82, 2.24) is 10.3 Å². The summed E-state index contributed by atoms with van der Waals surface area (Å²) in [6, 6.07) is 1.82. The van der Waals surface area contributed by atoms with Crippen LogP contribution in [0.15, 0.2) is 18.3 Å². The van der Waals surface area contributed by atoms with E-state index in [-0.39, 0.29) is 11.4 Å². The molecule has 1 aromatic rings. The standard InChI is InChI=1S/C11H14N2O4S/c1-18-6-4-7(11(16)17)13-10(15)9-8(14)3-2-5-12-9/h2-3,5,7,14H,4,6H2,1H3,(H,13,15)(H,16,17)/t7-/m0/s1. The lowest BCUT2D eigenvalue weighted by Crippen LogP contribution is -2.41. The first-order valence-corrected chi connectivity index (χ1v) is 6.62. The fourth-order valence-corrected chi connectivity index (χ4v) is 1.76. The van der Waals surface area contributed by atoms with Crippen LogP contribution >= 0.6 is 11.8 Å². The Morgan fingerprint density at radius 2 is 2.28 bits per heavy atom. The van der Waals surface area contributed by atoms with Crippen LogP contribution in [0.5, 0.6) is 5.75 Å². The lowest BCUT2D eigenvalue weighted by molar-refractivity contribution is -0.139. The second kappa shape index (κ2) is 6.85. The van der Waals surface area contributed by atoms with E-state index >= 15 is 0 Å². The number of amides is 1. The molecule has 0 spiro atoms. The van der Waals surface area contributed by atoms with Crippen LogP contribution in [0.25, 0.3) is 0 Å². The molecule has 1 heterocycles. The van der Waals surface area contributed by atoms with Crippen molar-refractivity contribution in [2.24, 2.45) is 0 Å². The van der Waals surface area contributed by atoms with Gasteiger partial charge in [-0.05, 0) is 30.6 Å². The lowest BCUT2D eigenvalue weighted by Gasteiger charge is -2.13. The molecule has 0 bridgehead atoms. The van der Waals surface area contributed by atoms with Crippen molar-refractivity contribution in [3.05, 3.63) is 24.0 Å². The van der Waals surface area contributed by atoms with E-state index in [1.165, 1.54) is 30.1 Å². The van der Waals surface area contributed by atoms with Gasteiger partial charge in [-0.25, -0.2) is 9.78 Å². The third-order valence-electron chi connectivity index (χ3n) is 2.22. The molecule has 0 fully saturated rings. The molecule has 1 amide bonds. The first-order chi connectivity index (χ1) is 8.56. The molecule has 6 nitrogen and oxygen atoms in total. The molecular formula is C11H14N2O4S. The molecule has 1 atom stereocenters. The second-order valence-electron chi connectivity index (χ2n) is 3.52. The van der Waals surface area contributed by atoms with Crippen LogP contribution in [0.1, 0.15) is 16.9 Å². The topological polar surface area (TPSA) is 99.5 Å². The summed E-state index contributed by atoms with van der Waals surface area (Å²) in [5, 5.41) is 20.7. The van der Waals surface area contributed by atoms with Gasteiger partial charge in [0.1, 0.15) is 11.8 Å². The van der Waals surface area contributed by atoms with Gasteiger partial charge in [0.25, 0.3) is 5.91 Å². The number of nitrogens with one attached hydrogen (secondary N) is 1. The molecule has 0 saturated carbocycles. The van der Waals surface area contributed by atoms with Crippen molar-refractivity contribution < 1.29 is 19.8 Å². The zero-order valence-corrected chi connectivity index (χ0v) is 10.6. The number of hydrogen-bond donors (Lipinski definition) is 3. The number of pyridine rings is 1. The smallest absolute Gasteiger partial charge is 0.326 e. The molecule has 0 aromatic carbocycles. The molecule has 18 heavy (non-hydrogen) atoms. The molecule has 1 rings (SSSR count). The lowest BCUT2D eigenvalue weighted by atomic mass is 10.2. The summed E-state index contributed by atoms with van der Waals surface area (Å²) in [5.74, 6) is -1.45. The van der Waals surface area contributed by atoms with Gasteiger partial charge in [0.05, 0.1) is 0 Å². The maximum atomic E-state index is 11.7. The average molecular weight is 270 g/mol. The van der Waals surface area contributed by atoms with Gasteiger partial charge in [-0.1, -0.05) is 0 Å². The Hall–Kier alpha value is -1.76. The molecular weight excluding hydrogens is 256 g/mol. The van der Waals surface area contributed by atoms with Gasteiger partial charge in [0.15, 0.2) is 5.69 Å². The normalized spacial score (nSPS) is 11.8. The third-order valence-corrected chi connectivity index (χ3v) is 2.86. The molecule has 0 aliphatic heterocycles. The maximum absolute atomic E-state index is 11.7. The summed E-state index contributed by atoms with van der Waals surface area (Å²) in [6.07, 6.45) is 3.52. The predicted molar refractivity (Wildman–Crippen MR) is 67.8 cm³/mol. The highest BCUT2D eigenvalue weighted by molar-refractivity contribution is 7.98. The number of rotatable bonds is 6. The molecule has 7 heteroatoms. The van der Waals surface area contributed by atoms with Gasteiger partial charge in [-0.3, -0.25) is 4.79 Å². The van der Waals surface area contributed by atoms with E-state index < -0.39 is 17.9 Å². The van der Waals surface area contributed by atoms with Gasteiger partial charge in [-0.2, -0.15) is 11.8 Å². The van der Waals surface area contributed by atoms with Crippen molar-refractivity contribution in [3.8, 4) is 5.75 Å². The number of nitrogens with zero attached hydrogens (tertiary/aromatic N) is 1. The molecule has 0 aliphatic carbocycles. The number of thioether (sulfide) groups is 1. The monoisotopic (exact) mass is 270 g/mol.